The van der Waals surface area contributed by atoms with Gasteiger partial charge in [-0.15, -0.1) is 0 Å². The van der Waals surface area contributed by atoms with E-state index in [-0.39, 0.29) is 12.5 Å². The number of hydrogen-bond donors (Lipinski definition) is 1. The molecule has 1 N–H and O–H groups in total. The van der Waals surface area contributed by atoms with Crippen LogP contribution in [0.3, 0.4) is 0 Å². The van der Waals surface area contributed by atoms with Crippen LogP contribution < -0.4 is 19.7 Å². The normalized spacial score (nSPS) is 19.2. The van der Waals surface area contributed by atoms with Gasteiger partial charge < -0.3 is 14.8 Å². The van der Waals surface area contributed by atoms with E-state index >= 15 is 0 Å². The number of para-hydroxylation sites is 1. The minimum atomic E-state index is -0.997. The highest BCUT2D eigenvalue weighted by Gasteiger charge is 2.55. The number of fused-ring (bicyclic) bond motifs is 1. The smallest absolute Gasteiger partial charge is 0.263 e. The molecule has 0 bridgehead atoms. The van der Waals surface area contributed by atoms with Gasteiger partial charge in [-0.1, -0.05) is 30.3 Å². The van der Waals surface area contributed by atoms with Crippen molar-refractivity contribution >= 4 is 29.1 Å². The van der Waals surface area contributed by atoms with E-state index in [1.807, 2.05) is 32.0 Å². The van der Waals surface area contributed by atoms with Crippen LogP contribution in [0.5, 0.6) is 11.5 Å². The standard InChI is InChI=1S/C23H25N5O5/c1-5-14-8-6-7-13(2)19(14)24-18(29)12-27-21-20(25-26-27)22(30)28(23(21)31)15-9-10-16(32-3)17(11-15)33-4/h6-11,20-21H,5,12H2,1-4H3,(H,24,29)/t20-,21-/m1/s1. The van der Waals surface area contributed by atoms with E-state index in [1.54, 1.807) is 18.2 Å². The molecule has 2 atom stereocenters. The van der Waals surface area contributed by atoms with E-state index in [0.29, 0.717) is 17.2 Å². The van der Waals surface area contributed by atoms with Crippen molar-refractivity contribution in [2.45, 2.75) is 32.4 Å². The number of carbonyl (C=O) groups excluding carboxylic acids is 3. The highest BCUT2D eigenvalue weighted by Crippen LogP contribution is 2.36. The number of hydrogen-bond acceptors (Lipinski definition) is 8. The van der Waals surface area contributed by atoms with E-state index < -0.39 is 23.9 Å². The van der Waals surface area contributed by atoms with E-state index in [4.69, 9.17) is 9.47 Å². The highest BCUT2D eigenvalue weighted by molar-refractivity contribution is 6.25. The summed E-state index contributed by atoms with van der Waals surface area (Å²) in [5.41, 5.74) is 3.04. The van der Waals surface area contributed by atoms with Crippen molar-refractivity contribution in [2.75, 3.05) is 31.0 Å². The second kappa shape index (κ2) is 8.89. The largest absolute Gasteiger partial charge is 0.493 e. The first-order valence-corrected chi connectivity index (χ1v) is 10.5. The summed E-state index contributed by atoms with van der Waals surface area (Å²) in [4.78, 5) is 40.0. The van der Waals surface area contributed by atoms with Gasteiger partial charge in [0.2, 0.25) is 5.91 Å². The van der Waals surface area contributed by atoms with Crippen LogP contribution >= 0.6 is 0 Å². The number of anilines is 2. The molecule has 1 fully saturated rings. The Hall–Kier alpha value is -3.95. The van der Waals surface area contributed by atoms with Gasteiger partial charge in [-0.2, -0.15) is 5.11 Å². The molecule has 2 aromatic rings. The van der Waals surface area contributed by atoms with Gasteiger partial charge in [-0.3, -0.25) is 19.4 Å². The van der Waals surface area contributed by atoms with Crippen LogP contribution in [0, 0.1) is 6.92 Å². The lowest BCUT2D eigenvalue weighted by Gasteiger charge is -2.21. The van der Waals surface area contributed by atoms with Gasteiger partial charge in [0, 0.05) is 11.8 Å². The van der Waals surface area contributed by atoms with Gasteiger partial charge in [0.25, 0.3) is 11.8 Å². The predicted octanol–water partition coefficient (Wildman–Crippen LogP) is 2.51. The molecule has 10 heteroatoms. The van der Waals surface area contributed by atoms with Crippen molar-refractivity contribution in [1.29, 1.82) is 0 Å². The van der Waals surface area contributed by atoms with Crippen LogP contribution in [0.1, 0.15) is 18.1 Å². The molecule has 33 heavy (non-hydrogen) atoms. The van der Waals surface area contributed by atoms with Crippen molar-refractivity contribution in [3.8, 4) is 11.5 Å². The number of methoxy groups -OCH3 is 2. The highest BCUT2D eigenvalue weighted by atomic mass is 16.5. The molecular formula is C23H25N5O5. The fraction of sp³-hybridized carbons (Fsp3) is 0.348. The maximum absolute atomic E-state index is 13.2. The van der Waals surface area contributed by atoms with E-state index in [0.717, 1.165) is 28.1 Å². The van der Waals surface area contributed by atoms with Crippen molar-refractivity contribution in [1.82, 2.24) is 5.01 Å². The molecule has 2 aliphatic heterocycles. The third kappa shape index (κ3) is 3.88. The number of ether oxygens (including phenoxy) is 2. The number of nitrogens with one attached hydrogen (secondary N) is 1. The van der Waals surface area contributed by atoms with Gasteiger partial charge in [-0.25, -0.2) is 4.90 Å². The Morgan fingerprint density at radius 1 is 1.09 bits per heavy atom. The first kappa shape index (κ1) is 22.3. The summed E-state index contributed by atoms with van der Waals surface area (Å²) in [5, 5.41) is 12.1. The molecule has 4 rings (SSSR count). The van der Waals surface area contributed by atoms with Crippen LogP contribution in [0.4, 0.5) is 11.4 Å². The minimum Gasteiger partial charge on any atom is -0.493 e. The van der Waals surface area contributed by atoms with Crippen LogP contribution in [-0.4, -0.2) is 55.6 Å². The Balaban J connectivity index is 1.52. The molecule has 0 saturated carbocycles. The van der Waals surface area contributed by atoms with Crippen molar-refractivity contribution < 1.29 is 23.9 Å². The van der Waals surface area contributed by atoms with Crippen molar-refractivity contribution in [2.24, 2.45) is 10.3 Å². The zero-order valence-corrected chi connectivity index (χ0v) is 18.9. The Labute approximate surface area is 191 Å². The zero-order valence-electron chi connectivity index (χ0n) is 18.9. The zero-order chi connectivity index (χ0) is 23.7. The summed E-state index contributed by atoms with van der Waals surface area (Å²) in [7, 11) is 2.97. The van der Waals surface area contributed by atoms with Gasteiger partial charge in [0.15, 0.2) is 23.6 Å². The lowest BCUT2D eigenvalue weighted by atomic mass is 10.1. The fourth-order valence-corrected chi connectivity index (χ4v) is 4.10. The lowest BCUT2D eigenvalue weighted by Crippen LogP contribution is -2.43. The summed E-state index contributed by atoms with van der Waals surface area (Å²) in [6.45, 7) is 3.72. The Kier molecular flexibility index (Phi) is 5.99. The Morgan fingerprint density at radius 2 is 1.85 bits per heavy atom. The molecule has 0 radical (unpaired) electrons. The molecule has 2 aromatic carbocycles. The van der Waals surface area contributed by atoms with Crippen LogP contribution in [0.25, 0.3) is 0 Å². The van der Waals surface area contributed by atoms with Crippen molar-refractivity contribution in [3.05, 3.63) is 47.5 Å². The Bertz CT molecular complexity index is 1150. The van der Waals surface area contributed by atoms with E-state index in [1.165, 1.54) is 19.2 Å². The number of imide groups is 1. The molecule has 2 heterocycles. The maximum atomic E-state index is 13.2. The van der Waals surface area contributed by atoms with Gasteiger partial charge in [0.1, 0.15) is 6.54 Å². The third-order valence-electron chi connectivity index (χ3n) is 5.79. The second-order valence-corrected chi connectivity index (χ2v) is 7.75. The first-order valence-electron chi connectivity index (χ1n) is 10.5. The van der Waals surface area contributed by atoms with Gasteiger partial charge >= 0.3 is 0 Å². The summed E-state index contributed by atoms with van der Waals surface area (Å²) in [6, 6.07) is 8.60. The summed E-state index contributed by atoms with van der Waals surface area (Å²) in [6.07, 6.45) is 0.763. The monoisotopic (exact) mass is 451 g/mol. The number of benzene rings is 2. The number of rotatable bonds is 7. The SMILES string of the molecule is CCc1cccc(C)c1NC(=O)CN1N=N[C@H]2C(=O)N(c3ccc(OC)c(OC)c3)C(=O)[C@@H]21. The molecule has 2 aliphatic rings. The average Bonchev–Trinajstić information content (AvgIpc) is 3.33. The molecule has 172 valence electrons. The first-order chi connectivity index (χ1) is 15.9. The van der Waals surface area contributed by atoms with Crippen LogP contribution in [0.2, 0.25) is 0 Å². The summed E-state index contributed by atoms with van der Waals surface area (Å²) >= 11 is 0. The maximum Gasteiger partial charge on any atom is 0.263 e. The second-order valence-electron chi connectivity index (χ2n) is 7.75. The molecule has 0 aromatic heterocycles. The average molecular weight is 451 g/mol. The topological polar surface area (TPSA) is 113 Å². The number of nitrogens with zero attached hydrogens (tertiary/aromatic N) is 4. The lowest BCUT2D eigenvalue weighted by molar-refractivity contribution is -0.123. The summed E-state index contributed by atoms with van der Waals surface area (Å²) in [5.74, 6) is -0.490. The number of aryl methyl sites for hydroxylation is 2. The molecule has 10 nitrogen and oxygen atoms in total. The van der Waals surface area contributed by atoms with Gasteiger partial charge in [0.05, 0.1) is 19.9 Å². The molecule has 0 unspecified atom stereocenters. The van der Waals surface area contributed by atoms with Crippen LogP contribution in [-0.2, 0) is 20.8 Å². The van der Waals surface area contributed by atoms with Gasteiger partial charge in [-0.05, 0) is 36.6 Å². The third-order valence-corrected chi connectivity index (χ3v) is 5.79. The van der Waals surface area contributed by atoms with E-state index in [2.05, 4.69) is 15.7 Å². The quantitative estimate of drug-likeness (QED) is 0.647. The minimum absolute atomic E-state index is 0.207. The van der Waals surface area contributed by atoms with Crippen LogP contribution in [0.15, 0.2) is 46.7 Å². The Morgan fingerprint density at radius 3 is 2.55 bits per heavy atom. The molecule has 0 aliphatic carbocycles. The molecular weight excluding hydrogens is 426 g/mol. The summed E-state index contributed by atoms with van der Waals surface area (Å²) < 4.78 is 10.5. The number of carbonyl (C=O) groups is 3. The molecule has 3 amide bonds. The van der Waals surface area contributed by atoms with Crippen molar-refractivity contribution in [3.63, 3.8) is 0 Å². The fourth-order valence-electron chi connectivity index (χ4n) is 4.10. The van der Waals surface area contributed by atoms with E-state index in [9.17, 15) is 14.4 Å². The molecule has 0 spiro atoms. The number of amides is 3. The predicted molar refractivity (Wildman–Crippen MR) is 120 cm³/mol. The molecule has 1 saturated heterocycles.